The molecule has 0 fully saturated rings. The molecule has 1 aromatic carbocycles. The Bertz CT molecular complexity index is 671. The number of amidine groups is 1. The van der Waals surface area contributed by atoms with Gasteiger partial charge in [0.2, 0.25) is 0 Å². The molecule has 0 saturated heterocycles. The van der Waals surface area contributed by atoms with Crippen molar-refractivity contribution in [3.63, 3.8) is 0 Å². The van der Waals surface area contributed by atoms with Gasteiger partial charge in [-0.15, -0.1) is 5.10 Å². The summed E-state index contributed by atoms with van der Waals surface area (Å²) in [4.78, 5) is 0.959. The zero-order chi connectivity index (χ0) is 15.4. The van der Waals surface area contributed by atoms with Crippen molar-refractivity contribution in [2.45, 2.75) is 23.8 Å². The van der Waals surface area contributed by atoms with Crippen molar-refractivity contribution in [2.24, 2.45) is 10.9 Å². The number of oxime groups is 1. The van der Waals surface area contributed by atoms with Crippen molar-refractivity contribution >= 4 is 17.6 Å². The Morgan fingerprint density at radius 2 is 1.90 bits per heavy atom. The second kappa shape index (κ2) is 6.45. The van der Waals surface area contributed by atoms with Crippen LogP contribution in [0.15, 0.2) is 39.3 Å². The number of methoxy groups -OCH3 is 1. The lowest BCUT2D eigenvalue weighted by molar-refractivity contribution is 0.318. The number of ether oxygens (including phenoxy) is 1. The number of nitrogens with two attached hydrogens (primary N) is 1. The third-order valence-electron chi connectivity index (χ3n) is 3.06. The Morgan fingerprint density at radius 1 is 1.24 bits per heavy atom. The summed E-state index contributed by atoms with van der Waals surface area (Å²) in [5.41, 5.74) is 7.96. The maximum absolute atomic E-state index is 8.95. The molecule has 0 spiro atoms. The van der Waals surface area contributed by atoms with Gasteiger partial charge in [0.15, 0.2) is 5.84 Å². The Hall–Kier alpha value is -2.28. The minimum Gasteiger partial charge on any atom is -0.497 e. The van der Waals surface area contributed by atoms with Crippen molar-refractivity contribution in [3.8, 4) is 5.75 Å². The number of rotatable bonds is 4. The Morgan fingerprint density at radius 3 is 2.48 bits per heavy atom. The van der Waals surface area contributed by atoms with E-state index in [2.05, 4.69) is 15.4 Å². The highest BCUT2D eigenvalue weighted by Crippen LogP contribution is 2.31. The van der Waals surface area contributed by atoms with Gasteiger partial charge in [-0.25, -0.2) is 0 Å². The SMILES string of the molecule is COc1ccc(Sc2nnc(C)c(C)c2/C(N)=N/O)cc1. The van der Waals surface area contributed by atoms with E-state index in [4.69, 9.17) is 15.7 Å². The monoisotopic (exact) mass is 304 g/mol. The largest absolute Gasteiger partial charge is 0.497 e. The molecule has 0 aliphatic carbocycles. The molecule has 1 heterocycles. The molecular weight excluding hydrogens is 288 g/mol. The molecule has 6 nitrogen and oxygen atoms in total. The lowest BCUT2D eigenvalue weighted by Gasteiger charge is -2.11. The van der Waals surface area contributed by atoms with Crippen LogP contribution in [0.25, 0.3) is 0 Å². The van der Waals surface area contributed by atoms with Crippen molar-refractivity contribution in [1.29, 1.82) is 0 Å². The standard InChI is InChI=1S/C14H16N4O2S/c1-8-9(2)16-17-14(12(8)13(15)18-19)21-11-6-4-10(20-3)5-7-11/h4-7,19H,1-3H3,(H2,15,18). The average Bonchev–Trinajstić information content (AvgIpc) is 2.51. The second-order valence-corrected chi connectivity index (χ2v) is 5.42. The molecule has 2 aromatic rings. The topological polar surface area (TPSA) is 93.6 Å². The molecule has 0 amide bonds. The summed E-state index contributed by atoms with van der Waals surface area (Å²) >= 11 is 1.40. The summed E-state index contributed by atoms with van der Waals surface area (Å²) in [6.07, 6.45) is 0. The van der Waals surface area contributed by atoms with Crippen LogP contribution in [0.4, 0.5) is 0 Å². The molecule has 0 aliphatic rings. The van der Waals surface area contributed by atoms with Crippen molar-refractivity contribution < 1.29 is 9.94 Å². The van der Waals surface area contributed by atoms with Gasteiger partial charge in [0, 0.05) is 4.90 Å². The van der Waals surface area contributed by atoms with Gasteiger partial charge in [0.1, 0.15) is 10.8 Å². The molecule has 0 radical (unpaired) electrons. The highest BCUT2D eigenvalue weighted by Gasteiger charge is 2.16. The van der Waals surface area contributed by atoms with E-state index in [0.29, 0.717) is 10.6 Å². The van der Waals surface area contributed by atoms with Crippen LogP contribution in [0.3, 0.4) is 0 Å². The first kappa shape index (κ1) is 15.1. The van der Waals surface area contributed by atoms with E-state index in [9.17, 15) is 0 Å². The minimum atomic E-state index is 0.0292. The molecule has 0 atom stereocenters. The number of nitrogens with zero attached hydrogens (tertiary/aromatic N) is 3. The van der Waals surface area contributed by atoms with E-state index in [-0.39, 0.29) is 5.84 Å². The van der Waals surface area contributed by atoms with E-state index in [1.807, 2.05) is 38.1 Å². The maximum Gasteiger partial charge on any atom is 0.173 e. The lowest BCUT2D eigenvalue weighted by atomic mass is 10.1. The lowest BCUT2D eigenvalue weighted by Crippen LogP contribution is -2.18. The molecule has 0 unspecified atom stereocenters. The predicted molar refractivity (Wildman–Crippen MR) is 81.1 cm³/mol. The Balaban J connectivity index is 2.41. The van der Waals surface area contributed by atoms with Crippen LogP contribution >= 0.6 is 11.8 Å². The van der Waals surface area contributed by atoms with E-state index >= 15 is 0 Å². The molecule has 21 heavy (non-hydrogen) atoms. The number of aryl methyl sites for hydroxylation is 1. The zero-order valence-electron chi connectivity index (χ0n) is 12.0. The first-order valence-electron chi connectivity index (χ1n) is 6.20. The molecule has 7 heteroatoms. The third-order valence-corrected chi connectivity index (χ3v) is 4.05. The van der Waals surface area contributed by atoms with Gasteiger partial charge in [-0.05, 0) is 43.7 Å². The molecule has 0 aliphatic heterocycles. The van der Waals surface area contributed by atoms with Gasteiger partial charge in [0.25, 0.3) is 0 Å². The van der Waals surface area contributed by atoms with Crippen LogP contribution in [-0.2, 0) is 0 Å². The molecule has 0 saturated carbocycles. The van der Waals surface area contributed by atoms with Crippen LogP contribution in [0.2, 0.25) is 0 Å². The summed E-state index contributed by atoms with van der Waals surface area (Å²) in [5, 5.41) is 20.9. The molecular formula is C14H16N4O2S. The van der Waals surface area contributed by atoms with Crippen molar-refractivity contribution in [3.05, 3.63) is 41.1 Å². The predicted octanol–water partition coefficient (Wildman–Crippen LogP) is 2.35. The fourth-order valence-corrected chi connectivity index (χ4v) is 2.70. The van der Waals surface area contributed by atoms with Crippen molar-refractivity contribution in [1.82, 2.24) is 10.2 Å². The van der Waals surface area contributed by atoms with E-state index < -0.39 is 0 Å². The van der Waals surface area contributed by atoms with E-state index in [1.165, 1.54) is 11.8 Å². The summed E-state index contributed by atoms with van der Waals surface area (Å²) in [7, 11) is 1.62. The van der Waals surface area contributed by atoms with Gasteiger partial charge in [-0.3, -0.25) is 0 Å². The third kappa shape index (κ3) is 3.25. The Labute approximate surface area is 127 Å². The first-order chi connectivity index (χ1) is 10.1. The summed E-state index contributed by atoms with van der Waals surface area (Å²) in [6, 6.07) is 7.55. The van der Waals surface area contributed by atoms with Gasteiger partial charge >= 0.3 is 0 Å². The number of hydrogen-bond donors (Lipinski definition) is 2. The van der Waals surface area contributed by atoms with Crippen LogP contribution in [0, 0.1) is 13.8 Å². The highest BCUT2D eigenvalue weighted by molar-refractivity contribution is 7.99. The smallest absolute Gasteiger partial charge is 0.173 e. The normalized spacial score (nSPS) is 11.5. The number of hydrogen-bond acceptors (Lipinski definition) is 6. The fraction of sp³-hybridized carbons (Fsp3) is 0.214. The van der Waals surface area contributed by atoms with Crippen LogP contribution < -0.4 is 10.5 Å². The Kier molecular flexibility index (Phi) is 4.64. The van der Waals surface area contributed by atoms with Crippen molar-refractivity contribution in [2.75, 3.05) is 7.11 Å². The average molecular weight is 304 g/mol. The van der Waals surface area contributed by atoms with Crippen LogP contribution in [0.1, 0.15) is 16.8 Å². The van der Waals surface area contributed by atoms with Crippen LogP contribution in [-0.4, -0.2) is 28.4 Å². The molecule has 1 aromatic heterocycles. The first-order valence-corrected chi connectivity index (χ1v) is 7.02. The van der Waals surface area contributed by atoms with E-state index in [0.717, 1.165) is 21.9 Å². The van der Waals surface area contributed by atoms with E-state index in [1.54, 1.807) is 7.11 Å². The van der Waals surface area contributed by atoms with Crippen LogP contribution in [0.5, 0.6) is 5.75 Å². The summed E-state index contributed by atoms with van der Waals surface area (Å²) in [5.74, 6) is 0.809. The maximum atomic E-state index is 8.95. The number of aromatic nitrogens is 2. The van der Waals surface area contributed by atoms with Gasteiger partial charge in [-0.2, -0.15) is 5.10 Å². The fourth-order valence-electron chi connectivity index (χ4n) is 1.77. The number of benzene rings is 1. The molecule has 3 N–H and O–H groups in total. The van der Waals surface area contributed by atoms with Gasteiger partial charge < -0.3 is 15.7 Å². The highest BCUT2D eigenvalue weighted by atomic mass is 32.2. The zero-order valence-corrected chi connectivity index (χ0v) is 12.8. The molecule has 110 valence electrons. The second-order valence-electron chi connectivity index (χ2n) is 4.35. The minimum absolute atomic E-state index is 0.0292. The molecule has 2 rings (SSSR count). The summed E-state index contributed by atoms with van der Waals surface area (Å²) < 4.78 is 5.12. The quantitative estimate of drug-likeness (QED) is 0.390. The van der Waals surface area contributed by atoms with Gasteiger partial charge in [-0.1, -0.05) is 16.9 Å². The summed E-state index contributed by atoms with van der Waals surface area (Å²) in [6.45, 7) is 3.70. The van der Waals surface area contributed by atoms with Gasteiger partial charge in [0.05, 0.1) is 18.4 Å². The molecule has 0 bridgehead atoms.